The van der Waals surface area contributed by atoms with Gasteiger partial charge in [0.05, 0.1) is 15.7 Å². The minimum Gasteiger partial charge on any atom is -0.435 e. The van der Waals surface area contributed by atoms with Gasteiger partial charge in [0.2, 0.25) is 5.88 Å². The number of nitrogens with one attached hydrogen (secondary N) is 1. The predicted octanol–water partition coefficient (Wildman–Crippen LogP) is 5.79. The van der Waals surface area contributed by atoms with Crippen molar-refractivity contribution in [2.45, 2.75) is 6.92 Å². The van der Waals surface area contributed by atoms with Crippen molar-refractivity contribution in [2.75, 3.05) is 5.32 Å². The standard InChI is InChI=1S/C25H15Cl2FN4O3/c1-14-6-5-11-32-22(14)31-24(35-20-10-3-2-8-18(20)28)16(25(32)34)12-15(13-29)23(33)30-19-9-4-7-17(26)21(19)27/h2-12H,1H3,(H,30,33)/b15-12-. The number of rotatable bonds is 5. The Bertz CT molecular complexity index is 1610. The summed E-state index contributed by atoms with van der Waals surface area (Å²) in [6, 6.07) is 15.3. The molecule has 174 valence electrons. The van der Waals surface area contributed by atoms with Gasteiger partial charge in [0.15, 0.2) is 11.6 Å². The third-order valence-electron chi connectivity index (χ3n) is 4.95. The van der Waals surface area contributed by atoms with Crippen molar-refractivity contribution >= 4 is 46.5 Å². The van der Waals surface area contributed by atoms with Crippen LogP contribution in [0.2, 0.25) is 10.0 Å². The highest BCUT2D eigenvalue weighted by molar-refractivity contribution is 6.44. The van der Waals surface area contributed by atoms with Gasteiger partial charge in [-0.15, -0.1) is 0 Å². The summed E-state index contributed by atoms with van der Waals surface area (Å²) in [5.74, 6) is -1.97. The second kappa shape index (κ2) is 9.97. The molecule has 2 aromatic heterocycles. The Hall–Kier alpha value is -4.19. The molecule has 0 unspecified atom stereocenters. The Morgan fingerprint density at radius 1 is 1.17 bits per heavy atom. The third-order valence-corrected chi connectivity index (χ3v) is 5.77. The smallest absolute Gasteiger partial charge is 0.269 e. The molecule has 10 heteroatoms. The van der Waals surface area contributed by atoms with Crippen molar-refractivity contribution in [3.05, 3.63) is 104 Å². The molecule has 0 radical (unpaired) electrons. The number of anilines is 1. The van der Waals surface area contributed by atoms with Crippen molar-refractivity contribution in [3.8, 4) is 17.7 Å². The van der Waals surface area contributed by atoms with E-state index >= 15 is 0 Å². The first-order valence-corrected chi connectivity index (χ1v) is 10.9. The van der Waals surface area contributed by atoms with Crippen LogP contribution in [0.25, 0.3) is 11.7 Å². The molecule has 2 aromatic carbocycles. The molecule has 0 bridgehead atoms. The number of pyridine rings is 1. The highest BCUT2D eigenvalue weighted by Gasteiger charge is 2.19. The van der Waals surface area contributed by atoms with Crippen LogP contribution in [0.15, 0.2) is 71.2 Å². The molecule has 0 saturated carbocycles. The zero-order chi connectivity index (χ0) is 25.1. The quantitative estimate of drug-likeness (QED) is 0.272. The van der Waals surface area contributed by atoms with Crippen molar-refractivity contribution in [1.82, 2.24) is 9.38 Å². The zero-order valence-corrected chi connectivity index (χ0v) is 19.6. The number of nitriles is 1. The van der Waals surface area contributed by atoms with Gasteiger partial charge in [0.25, 0.3) is 11.5 Å². The summed E-state index contributed by atoms with van der Waals surface area (Å²) in [5.41, 5.74) is -0.170. The normalized spacial score (nSPS) is 11.2. The van der Waals surface area contributed by atoms with Gasteiger partial charge in [-0.1, -0.05) is 47.5 Å². The van der Waals surface area contributed by atoms with Gasteiger partial charge in [-0.05, 0) is 48.9 Å². The molecule has 35 heavy (non-hydrogen) atoms. The van der Waals surface area contributed by atoms with Crippen LogP contribution in [0.5, 0.6) is 11.6 Å². The molecule has 4 aromatic rings. The molecular formula is C25H15Cl2FN4O3. The highest BCUT2D eigenvalue weighted by Crippen LogP contribution is 2.30. The largest absolute Gasteiger partial charge is 0.435 e. The molecule has 1 amide bonds. The van der Waals surface area contributed by atoms with Gasteiger partial charge in [-0.25, -0.2) is 4.39 Å². The first kappa shape index (κ1) is 24.0. The van der Waals surface area contributed by atoms with Crippen molar-refractivity contribution in [2.24, 2.45) is 0 Å². The van der Waals surface area contributed by atoms with Crippen molar-refractivity contribution in [1.29, 1.82) is 5.26 Å². The Morgan fingerprint density at radius 3 is 2.69 bits per heavy atom. The van der Waals surface area contributed by atoms with Crippen LogP contribution in [0, 0.1) is 24.1 Å². The van der Waals surface area contributed by atoms with Crippen LogP contribution in [-0.4, -0.2) is 15.3 Å². The zero-order valence-electron chi connectivity index (χ0n) is 18.1. The van der Waals surface area contributed by atoms with E-state index in [-0.39, 0.29) is 38.6 Å². The molecule has 4 rings (SSSR count). The van der Waals surface area contributed by atoms with E-state index < -0.39 is 22.9 Å². The number of nitrogens with zero attached hydrogens (tertiary/aromatic N) is 3. The van der Waals surface area contributed by atoms with E-state index in [1.54, 1.807) is 37.3 Å². The van der Waals surface area contributed by atoms with Gasteiger partial charge in [-0.3, -0.25) is 14.0 Å². The Kier molecular flexibility index (Phi) is 6.82. The van der Waals surface area contributed by atoms with Crippen LogP contribution < -0.4 is 15.6 Å². The maximum Gasteiger partial charge on any atom is 0.269 e. The van der Waals surface area contributed by atoms with Gasteiger partial charge < -0.3 is 10.1 Å². The van der Waals surface area contributed by atoms with Gasteiger partial charge in [0.1, 0.15) is 22.9 Å². The number of hydrogen-bond acceptors (Lipinski definition) is 5. The maximum absolute atomic E-state index is 14.3. The summed E-state index contributed by atoms with van der Waals surface area (Å²) < 4.78 is 21.2. The van der Waals surface area contributed by atoms with E-state index in [0.717, 1.165) is 6.08 Å². The summed E-state index contributed by atoms with van der Waals surface area (Å²) in [5, 5.41) is 12.5. The molecule has 7 nitrogen and oxygen atoms in total. The average Bonchev–Trinajstić information content (AvgIpc) is 2.84. The number of benzene rings is 2. The van der Waals surface area contributed by atoms with E-state index in [2.05, 4.69) is 10.3 Å². The van der Waals surface area contributed by atoms with Crippen molar-refractivity contribution in [3.63, 3.8) is 0 Å². The van der Waals surface area contributed by atoms with Crippen LogP contribution in [0.4, 0.5) is 10.1 Å². The number of halogens is 3. The minimum atomic E-state index is -0.845. The van der Waals surface area contributed by atoms with Gasteiger partial charge >= 0.3 is 0 Å². The molecule has 0 aliphatic heterocycles. The molecular weight excluding hydrogens is 494 g/mol. The van der Waals surface area contributed by atoms with E-state index in [0.29, 0.717) is 5.56 Å². The second-order valence-corrected chi connectivity index (χ2v) is 8.06. The van der Waals surface area contributed by atoms with E-state index in [9.17, 15) is 19.2 Å². The number of amides is 1. The van der Waals surface area contributed by atoms with E-state index in [1.807, 2.05) is 0 Å². The molecule has 0 spiro atoms. The average molecular weight is 509 g/mol. The van der Waals surface area contributed by atoms with Gasteiger partial charge in [-0.2, -0.15) is 10.2 Å². The summed E-state index contributed by atoms with van der Waals surface area (Å²) in [4.78, 5) is 30.5. The lowest BCUT2D eigenvalue weighted by atomic mass is 10.1. The first-order chi connectivity index (χ1) is 16.8. The number of para-hydroxylation sites is 1. The summed E-state index contributed by atoms with van der Waals surface area (Å²) in [7, 11) is 0. The molecule has 0 atom stereocenters. The minimum absolute atomic E-state index is 0.0892. The molecule has 0 saturated heterocycles. The molecule has 0 aliphatic carbocycles. The number of hydrogen-bond donors (Lipinski definition) is 1. The molecule has 0 aliphatic rings. The number of ether oxygens (including phenoxy) is 1. The fourth-order valence-corrected chi connectivity index (χ4v) is 3.56. The Labute approximate surface area is 208 Å². The fraction of sp³-hybridized carbons (Fsp3) is 0.0400. The highest BCUT2D eigenvalue weighted by atomic mass is 35.5. The lowest BCUT2D eigenvalue weighted by Gasteiger charge is -2.12. The van der Waals surface area contributed by atoms with Crippen LogP contribution in [0.1, 0.15) is 11.1 Å². The Balaban J connectivity index is 1.86. The predicted molar refractivity (Wildman–Crippen MR) is 131 cm³/mol. The number of fused-ring (bicyclic) bond motifs is 1. The monoisotopic (exact) mass is 508 g/mol. The lowest BCUT2D eigenvalue weighted by molar-refractivity contribution is -0.112. The summed E-state index contributed by atoms with van der Waals surface area (Å²) in [6.45, 7) is 1.74. The van der Waals surface area contributed by atoms with E-state index in [1.165, 1.54) is 40.9 Å². The first-order valence-electron chi connectivity index (χ1n) is 10.1. The number of aromatic nitrogens is 2. The topological polar surface area (TPSA) is 96.5 Å². The van der Waals surface area contributed by atoms with Gasteiger partial charge in [0, 0.05) is 6.20 Å². The molecule has 0 fully saturated rings. The second-order valence-electron chi connectivity index (χ2n) is 7.28. The van der Waals surface area contributed by atoms with Crippen LogP contribution >= 0.6 is 23.2 Å². The maximum atomic E-state index is 14.3. The fourth-order valence-electron chi connectivity index (χ4n) is 3.21. The SMILES string of the molecule is Cc1cccn2c(=O)c(/C=C(/C#N)C(=O)Nc3cccc(Cl)c3Cl)c(Oc3ccccc3F)nc12. The third kappa shape index (κ3) is 4.87. The van der Waals surface area contributed by atoms with Crippen molar-refractivity contribution < 1.29 is 13.9 Å². The number of carbonyl (C=O) groups excluding carboxylic acids is 1. The van der Waals surface area contributed by atoms with Crippen LogP contribution in [0.3, 0.4) is 0 Å². The molecule has 2 heterocycles. The lowest BCUT2D eigenvalue weighted by Crippen LogP contribution is -2.21. The van der Waals surface area contributed by atoms with E-state index in [4.69, 9.17) is 27.9 Å². The number of aryl methyl sites for hydroxylation is 1. The molecule has 1 N–H and O–H groups in total. The summed E-state index contributed by atoms with van der Waals surface area (Å²) >= 11 is 12.1. The Morgan fingerprint density at radius 2 is 1.94 bits per heavy atom. The summed E-state index contributed by atoms with van der Waals surface area (Å²) in [6.07, 6.45) is 2.52. The van der Waals surface area contributed by atoms with Crippen LogP contribution in [-0.2, 0) is 4.79 Å². The number of carbonyl (C=O) groups is 1.